The SMILES string of the molecule is CCCCCCCCCC(=O)N1CCCC1CCCBr. The third-order valence-corrected chi connectivity index (χ3v) is 4.92. The van der Waals surface area contributed by atoms with Gasteiger partial charge in [-0.05, 0) is 32.1 Å². The quantitative estimate of drug-likeness (QED) is 0.367. The number of halogens is 1. The van der Waals surface area contributed by atoms with Gasteiger partial charge in [0.1, 0.15) is 0 Å². The van der Waals surface area contributed by atoms with Crippen LogP contribution in [0.5, 0.6) is 0 Å². The second-order valence-electron chi connectivity index (χ2n) is 6.09. The van der Waals surface area contributed by atoms with E-state index in [-0.39, 0.29) is 0 Å². The zero-order valence-electron chi connectivity index (χ0n) is 13.2. The summed E-state index contributed by atoms with van der Waals surface area (Å²) >= 11 is 3.49. The van der Waals surface area contributed by atoms with Crippen LogP contribution in [-0.4, -0.2) is 28.7 Å². The molecule has 20 heavy (non-hydrogen) atoms. The van der Waals surface area contributed by atoms with Gasteiger partial charge in [-0.3, -0.25) is 4.79 Å². The topological polar surface area (TPSA) is 20.3 Å². The molecule has 1 unspecified atom stereocenters. The van der Waals surface area contributed by atoms with Crippen LogP contribution >= 0.6 is 15.9 Å². The van der Waals surface area contributed by atoms with E-state index in [9.17, 15) is 4.79 Å². The number of carbonyl (C=O) groups excluding carboxylic acids is 1. The molecule has 1 rings (SSSR count). The van der Waals surface area contributed by atoms with E-state index in [1.165, 1.54) is 64.2 Å². The van der Waals surface area contributed by atoms with Crippen LogP contribution in [0.15, 0.2) is 0 Å². The van der Waals surface area contributed by atoms with Gasteiger partial charge in [0.2, 0.25) is 5.91 Å². The summed E-state index contributed by atoms with van der Waals surface area (Å²) in [7, 11) is 0. The van der Waals surface area contributed by atoms with Crippen LogP contribution in [0.3, 0.4) is 0 Å². The maximum Gasteiger partial charge on any atom is 0.222 e. The van der Waals surface area contributed by atoms with Crippen molar-refractivity contribution < 1.29 is 4.79 Å². The highest BCUT2D eigenvalue weighted by atomic mass is 79.9. The zero-order valence-corrected chi connectivity index (χ0v) is 14.8. The van der Waals surface area contributed by atoms with Crippen LogP contribution in [0, 0.1) is 0 Å². The number of rotatable bonds is 11. The van der Waals surface area contributed by atoms with E-state index in [4.69, 9.17) is 0 Å². The Balaban J connectivity index is 2.09. The molecule has 0 saturated carbocycles. The predicted octanol–water partition coefficient (Wildman–Crippen LogP) is 5.29. The van der Waals surface area contributed by atoms with Crippen LogP contribution < -0.4 is 0 Å². The lowest BCUT2D eigenvalue weighted by Crippen LogP contribution is -2.35. The summed E-state index contributed by atoms with van der Waals surface area (Å²) in [5.74, 6) is 0.413. The van der Waals surface area contributed by atoms with Crippen LogP contribution in [0.2, 0.25) is 0 Å². The lowest BCUT2D eigenvalue weighted by molar-refractivity contribution is -0.132. The second kappa shape index (κ2) is 11.6. The Morgan fingerprint density at radius 1 is 1.10 bits per heavy atom. The number of amides is 1. The summed E-state index contributed by atoms with van der Waals surface area (Å²) in [6.45, 7) is 3.25. The molecule has 0 N–H and O–H groups in total. The third-order valence-electron chi connectivity index (χ3n) is 4.36. The molecule has 0 spiro atoms. The average molecular weight is 346 g/mol. The van der Waals surface area contributed by atoms with Crippen LogP contribution in [0.1, 0.15) is 84.0 Å². The van der Waals surface area contributed by atoms with Gasteiger partial charge in [-0.15, -0.1) is 0 Å². The Morgan fingerprint density at radius 2 is 1.80 bits per heavy atom. The summed E-state index contributed by atoms with van der Waals surface area (Å²) in [5.41, 5.74) is 0. The van der Waals surface area contributed by atoms with Crippen molar-refractivity contribution in [1.82, 2.24) is 4.90 Å². The molecular weight excluding hydrogens is 314 g/mol. The Labute approximate surface area is 133 Å². The first-order valence-corrected chi connectivity index (χ1v) is 9.77. The highest BCUT2D eigenvalue weighted by molar-refractivity contribution is 9.09. The Hall–Kier alpha value is -0.0500. The summed E-state index contributed by atoms with van der Waals surface area (Å²) in [6.07, 6.45) is 14.6. The number of nitrogens with zero attached hydrogens (tertiary/aromatic N) is 1. The van der Waals surface area contributed by atoms with E-state index in [2.05, 4.69) is 27.8 Å². The number of carbonyl (C=O) groups is 1. The van der Waals surface area contributed by atoms with Gasteiger partial charge in [0.15, 0.2) is 0 Å². The highest BCUT2D eigenvalue weighted by Crippen LogP contribution is 2.23. The molecule has 0 radical (unpaired) electrons. The van der Waals surface area contributed by atoms with Crippen molar-refractivity contribution in [2.45, 2.75) is 90.0 Å². The lowest BCUT2D eigenvalue weighted by Gasteiger charge is -2.24. The fourth-order valence-electron chi connectivity index (χ4n) is 3.15. The first-order valence-electron chi connectivity index (χ1n) is 8.65. The maximum absolute atomic E-state index is 12.3. The first kappa shape index (κ1) is 18.0. The second-order valence-corrected chi connectivity index (χ2v) is 6.88. The average Bonchev–Trinajstić information content (AvgIpc) is 2.92. The highest BCUT2D eigenvalue weighted by Gasteiger charge is 2.27. The molecule has 1 aliphatic heterocycles. The first-order chi connectivity index (χ1) is 9.79. The van der Waals surface area contributed by atoms with Crippen molar-refractivity contribution in [3.63, 3.8) is 0 Å². The molecule has 1 saturated heterocycles. The van der Waals surface area contributed by atoms with E-state index in [0.717, 1.165) is 24.7 Å². The fourth-order valence-corrected chi connectivity index (χ4v) is 3.48. The van der Waals surface area contributed by atoms with Crippen LogP contribution in [0.25, 0.3) is 0 Å². The molecular formula is C17H32BrNO. The standard InChI is InChI=1S/C17H32BrNO/c1-2-3-4-5-6-7-8-13-17(20)19-15-10-12-16(19)11-9-14-18/h16H,2-15H2,1H3. The van der Waals surface area contributed by atoms with Crippen molar-refractivity contribution in [2.24, 2.45) is 0 Å². The molecule has 0 aliphatic carbocycles. The summed E-state index contributed by atoms with van der Waals surface area (Å²) in [4.78, 5) is 14.4. The predicted molar refractivity (Wildman–Crippen MR) is 90.4 cm³/mol. The lowest BCUT2D eigenvalue weighted by atomic mass is 10.1. The van der Waals surface area contributed by atoms with Gasteiger partial charge in [-0.25, -0.2) is 0 Å². The zero-order chi connectivity index (χ0) is 14.6. The molecule has 0 aromatic heterocycles. The Bertz CT molecular complexity index is 257. The number of hydrogen-bond acceptors (Lipinski definition) is 1. The molecule has 118 valence electrons. The van der Waals surface area contributed by atoms with Gasteiger partial charge in [0, 0.05) is 24.3 Å². The molecule has 0 aromatic rings. The molecule has 1 heterocycles. The van der Waals surface area contributed by atoms with Crippen molar-refractivity contribution in [2.75, 3.05) is 11.9 Å². The van der Waals surface area contributed by atoms with Crippen molar-refractivity contribution in [3.8, 4) is 0 Å². The van der Waals surface area contributed by atoms with Crippen molar-refractivity contribution in [1.29, 1.82) is 0 Å². The molecule has 1 amide bonds. The molecule has 1 atom stereocenters. The van der Waals surface area contributed by atoms with Gasteiger partial charge in [0.05, 0.1) is 0 Å². The van der Waals surface area contributed by atoms with Crippen LogP contribution in [-0.2, 0) is 4.79 Å². The molecule has 0 bridgehead atoms. The Morgan fingerprint density at radius 3 is 2.50 bits per heavy atom. The molecule has 1 aliphatic rings. The van der Waals surface area contributed by atoms with Gasteiger partial charge in [-0.2, -0.15) is 0 Å². The van der Waals surface area contributed by atoms with Gasteiger partial charge in [0.25, 0.3) is 0 Å². The van der Waals surface area contributed by atoms with E-state index >= 15 is 0 Å². The fraction of sp³-hybridized carbons (Fsp3) is 0.941. The van der Waals surface area contributed by atoms with E-state index < -0.39 is 0 Å². The van der Waals surface area contributed by atoms with E-state index in [1.807, 2.05) is 0 Å². The van der Waals surface area contributed by atoms with Crippen molar-refractivity contribution >= 4 is 21.8 Å². The molecule has 2 nitrogen and oxygen atoms in total. The maximum atomic E-state index is 12.3. The molecule has 3 heteroatoms. The minimum Gasteiger partial charge on any atom is -0.340 e. The largest absolute Gasteiger partial charge is 0.340 e. The minimum absolute atomic E-state index is 0.413. The summed E-state index contributed by atoms with van der Waals surface area (Å²) in [6, 6.07) is 0.532. The van der Waals surface area contributed by atoms with Gasteiger partial charge >= 0.3 is 0 Å². The molecule has 0 aromatic carbocycles. The van der Waals surface area contributed by atoms with Gasteiger partial charge in [-0.1, -0.05) is 61.4 Å². The van der Waals surface area contributed by atoms with Crippen LogP contribution in [0.4, 0.5) is 0 Å². The number of likely N-dealkylation sites (tertiary alicyclic amines) is 1. The number of alkyl halides is 1. The van der Waals surface area contributed by atoms with E-state index in [1.54, 1.807) is 0 Å². The molecule has 1 fully saturated rings. The summed E-state index contributed by atoms with van der Waals surface area (Å²) < 4.78 is 0. The summed E-state index contributed by atoms with van der Waals surface area (Å²) in [5, 5.41) is 1.06. The minimum atomic E-state index is 0.413. The van der Waals surface area contributed by atoms with Crippen molar-refractivity contribution in [3.05, 3.63) is 0 Å². The number of hydrogen-bond donors (Lipinski definition) is 0. The van der Waals surface area contributed by atoms with Gasteiger partial charge < -0.3 is 4.90 Å². The monoisotopic (exact) mass is 345 g/mol. The van der Waals surface area contributed by atoms with E-state index in [0.29, 0.717) is 11.9 Å². The number of unbranched alkanes of at least 4 members (excludes halogenated alkanes) is 6. The third kappa shape index (κ3) is 7.10. The normalized spacial score (nSPS) is 18.7. The smallest absolute Gasteiger partial charge is 0.222 e. The Kier molecular flexibility index (Phi) is 10.4.